The zero-order chi connectivity index (χ0) is 12.0. The third-order valence-electron chi connectivity index (χ3n) is 2.53. The molecule has 0 spiro atoms. The highest BCUT2D eigenvalue weighted by Gasteiger charge is 2.13. The maximum Gasteiger partial charge on any atom is 0.0483 e. The van der Waals surface area contributed by atoms with Gasteiger partial charge in [-0.15, -0.1) is 11.8 Å². The van der Waals surface area contributed by atoms with Crippen LogP contribution in [0.3, 0.4) is 0 Å². The molecular formula is C14H18ClN. The summed E-state index contributed by atoms with van der Waals surface area (Å²) in [6.45, 7) is 6.90. The summed E-state index contributed by atoms with van der Waals surface area (Å²) >= 11 is 6.31. The molecule has 1 rings (SSSR count). The Morgan fingerprint density at radius 3 is 2.81 bits per heavy atom. The zero-order valence-corrected chi connectivity index (χ0v) is 10.9. The van der Waals surface area contributed by atoms with Crippen molar-refractivity contribution in [1.29, 1.82) is 0 Å². The molecule has 86 valence electrons. The van der Waals surface area contributed by atoms with Crippen LogP contribution in [0.1, 0.15) is 37.4 Å². The van der Waals surface area contributed by atoms with E-state index in [1.54, 1.807) is 0 Å². The first kappa shape index (κ1) is 13.1. The molecule has 0 aromatic heterocycles. The lowest BCUT2D eigenvalue weighted by Gasteiger charge is -2.18. The summed E-state index contributed by atoms with van der Waals surface area (Å²) in [5.41, 5.74) is 2.26. The monoisotopic (exact) mass is 235 g/mol. The second-order valence-electron chi connectivity index (χ2n) is 3.72. The predicted molar refractivity (Wildman–Crippen MR) is 70.7 cm³/mol. The SMILES string of the molecule is CC#CCC(NCC)c1cccc(C)c1Cl. The average Bonchev–Trinajstić information content (AvgIpc) is 2.28. The van der Waals surface area contributed by atoms with Gasteiger partial charge >= 0.3 is 0 Å². The van der Waals surface area contributed by atoms with Gasteiger partial charge in [0.25, 0.3) is 0 Å². The van der Waals surface area contributed by atoms with Gasteiger partial charge in [-0.3, -0.25) is 0 Å². The highest BCUT2D eigenvalue weighted by atomic mass is 35.5. The normalized spacial score (nSPS) is 11.8. The Bertz CT molecular complexity index is 401. The van der Waals surface area contributed by atoms with Gasteiger partial charge in [0.05, 0.1) is 0 Å². The molecule has 0 fully saturated rings. The van der Waals surface area contributed by atoms with Crippen LogP contribution in [0.4, 0.5) is 0 Å². The van der Waals surface area contributed by atoms with Gasteiger partial charge in [0.2, 0.25) is 0 Å². The Morgan fingerprint density at radius 1 is 1.44 bits per heavy atom. The van der Waals surface area contributed by atoms with Gasteiger partial charge in [-0.1, -0.05) is 36.7 Å². The van der Waals surface area contributed by atoms with Crippen molar-refractivity contribution in [3.05, 3.63) is 34.3 Å². The minimum absolute atomic E-state index is 0.227. The molecule has 0 saturated heterocycles. The molecule has 16 heavy (non-hydrogen) atoms. The van der Waals surface area contributed by atoms with Crippen LogP contribution in [-0.4, -0.2) is 6.54 Å². The molecule has 1 atom stereocenters. The van der Waals surface area contributed by atoms with Crippen molar-refractivity contribution in [3.63, 3.8) is 0 Å². The van der Waals surface area contributed by atoms with Gasteiger partial charge in [0.15, 0.2) is 0 Å². The number of nitrogens with one attached hydrogen (secondary N) is 1. The van der Waals surface area contributed by atoms with E-state index in [1.165, 1.54) is 0 Å². The fourth-order valence-corrected chi connectivity index (χ4v) is 1.94. The molecule has 0 amide bonds. The number of hydrogen-bond acceptors (Lipinski definition) is 1. The van der Waals surface area contributed by atoms with E-state index < -0.39 is 0 Å². The minimum atomic E-state index is 0.227. The van der Waals surface area contributed by atoms with Crippen molar-refractivity contribution in [2.75, 3.05) is 6.54 Å². The van der Waals surface area contributed by atoms with E-state index in [2.05, 4.69) is 30.1 Å². The fourth-order valence-electron chi connectivity index (χ4n) is 1.68. The lowest BCUT2D eigenvalue weighted by Crippen LogP contribution is -2.20. The lowest BCUT2D eigenvalue weighted by atomic mass is 10.0. The van der Waals surface area contributed by atoms with Crippen LogP contribution >= 0.6 is 11.6 Å². The number of halogens is 1. The van der Waals surface area contributed by atoms with Crippen molar-refractivity contribution in [2.45, 2.75) is 33.2 Å². The van der Waals surface area contributed by atoms with E-state index in [9.17, 15) is 0 Å². The van der Waals surface area contributed by atoms with Crippen LogP contribution in [-0.2, 0) is 0 Å². The molecule has 1 aromatic rings. The van der Waals surface area contributed by atoms with Crippen LogP contribution < -0.4 is 5.32 Å². The van der Waals surface area contributed by atoms with Crippen molar-refractivity contribution in [3.8, 4) is 11.8 Å². The molecule has 0 radical (unpaired) electrons. The quantitative estimate of drug-likeness (QED) is 0.785. The second-order valence-corrected chi connectivity index (χ2v) is 4.10. The second kappa shape index (κ2) is 6.58. The number of aryl methyl sites for hydroxylation is 1. The Morgan fingerprint density at radius 2 is 2.19 bits per heavy atom. The van der Waals surface area contributed by atoms with Crippen molar-refractivity contribution < 1.29 is 0 Å². The summed E-state index contributed by atoms with van der Waals surface area (Å²) in [6.07, 6.45) is 0.799. The lowest BCUT2D eigenvalue weighted by molar-refractivity contribution is 0.565. The van der Waals surface area contributed by atoms with Gasteiger partial charge in [0, 0.05) is 17.5 Å². The highest BCUT2D eigenvalue weighted by molar-refractivity contribution is 6.32. The smallest absolute Gasteiger partial charge is 0.0483 e. The molecule has 0 bridgehead atoms. The van der Waals surface area contributed by atoms with Crippen LogP contribution in [0.15, 0.2) is 18.2 Å². The summed E-state index contributed by atoms with van der Waals surface area (Å²) in [7, 11) is 0. The zero-order valence-electron chi connectivity index (χ0n) is 10.1. The molecule has 0 aliphatic heterocycles. The third-order valence-corrected chi connectivity index (χ3v) is 3.05. The molecule has 0 heterocycles. The Balaban J connectivity index is 2.98. The van der Waals surface area contributed by atoms with Gasteiger partial charge in [0.1, 0.15) is 0 Å². The summed E-state index contributed by atoms with van der Waals surface area (Å²) < 4.78 is 0. The Kier molecular flexibility index (Phi) is 5.38. The third kappa shape index (κ3) is 3.27. The van der Waals surface area contributed by atoms with Gasteiger partial charge < -0.3 is 5.32 Å². The first-order valence-electron chi connectivity index (χ1n) is 5.58. The topological polar surface area (TPSA) is 12.0 Å². The Labute approximate surface area is 103 Å². The molecule has 0 aliphatic carbocycles. The fraction of sp³-hybridized carbons (Fsp3) is 0.429. The van der Waals surface area contributed by atoms with Gasteiger partial charge in [-0.05, 0) is 31.5 Å². The summed E-state index contributed by atoms with van der Waals surface area (Å²) in [5.74, 6) is 6.03. The van der Waals surface area contributed by atoms with Crippen molar-refractivity contribution in [2.24, 2.45) is 0 Å². The summed E-state index contributed by atoms with van der Waals surface area (Å²) in [4.78, 5) is 0. The van der Waals surface area contributed by atoms with E-state index in [0.29, 0.717) is 0 Å². The van der Waals surface area contributed by atoms with Gasteiger partial charge in [-0.2, -0.15) is 0 Å². The van der Waals surface area contributed by atoms with Crippen LogP contribution in [0, 0.1) is 18.8 Å². The largest absolute Gasteiger partial charge is 0.309 e. The van der Waals surface area contributed by atoms with Crippen molar-refractivity contribution >= 4 is 11.6 Å². The summed E-state index contributed by atoms with van der Waals surface area (Å²) in [5, 5.41) is 4.27. The van der Waals surface area contributed by atoms with E-state index in [-0.39, 0.29) is 6.04 Å². The van der Waals surface area contributed by atoms with E-state index in [1.807, 2.05) is 26.0 Å². The molecule has 1 aromatic carbocycles. The van der Waals surface area contributed by atoms with E-state index >= 15 is 0 Å². The number of rotatable bonds is 4. The van der Waals surface area contributed by atoms with E-state index in [0.717, 1.165) is 29.1 Å². The average molecular weight is 236 g/mol. The standard InChI is InChI=1S/C14H18ClN/c1-4-6-10-13(16-5-2)12-9-7-8-11(3)14(12)15/h7-9,13,16H,5,10H2,1-3H3. The Hall–Kier alpha value is -0.970. The van der Waals surface area contributed by atoms with Crippen LogP contribution in [0.2, 0.25) is 5.02 Å². The van der Waals surface area contributed by atoms with Crippen LogP contribution in [0.25, 0.3) is 0 Å². The molecule has 2 heteroatoms. The number of benzene rings is 1. The maximum absolute atomic E-state index is 6.31. The van der Waals surface area contributed by atoms with Crippen LogP contribution in [0.5, 0.6) is 0 Å². The molecule has 1 N–H and O–H groups in total. The molecule has 1 nitrogen and oxygen atoms in total. The number of hydrogen-bond donors (Lipinski definition) is 1. The predicted octanol–water partition coefficient (Wildman–Crippen LogP) is 3.71. The first-order valence-corrected chi connectivity index (χ1v) is 5.96. The highest BCUT2D eigenvalue weighted by Crippen LogP contribution is 2.27. The molecular weight excluding hydrogens is 218 g/mol. The van der Waals surface area contributed by atoms with E-state index in [4.69, 9.17) is 11.6 Å². The first-order chi connectivity index (χ1) is 7.70. The van der Waals surface area contributed by atoms with Gasteiger partial charge in [-0.25, -0.2) is 0 Å². The molecule has 1 unspecified atom stereocenters. The van der Waals surface area contributed by atoms with Crippen molar-refractivity contribution in [1.82, 2.24) is 5.32 Å². The molecule has 0 aliphatic rings. The maximum atomic E-state index is 6.31. The minimum Gasteiger partial charge on any atom is -0.309 e. The summed E-state index contributed by atoms with van der Waals surface area (Å²) in [6, 6.07) is 6.37. The molecule has 0 saturated carbocycles.